The molecule has 2 heterocycles. The molecule has 0 radical (unpaired) electrons. The average molecular weight is 269 g/mol. The van der Waals surface area contributed by atoms with Crippen LogP contribution in [0, 0.1) is 0 Å². The van der Waals surface area contributed by atoms with Crippen LogP contribution in [0.4, 0.5) is 5.82 Å². The molecule has 4 nitrogen and oxygen atoms in total. The predicted octanol–water partition coefficient (Wildman–Crippen LogP) is 2.66. The van der Waals surface area contributed by atoms with Crippen LogP contribution in [0.25, 0.3) is 10.8 Å². The summed E-state index contributed by atoms with van der Waals surface area (Å²) >= 11 is 0. The number of nitrogens with one attached hydrogen (secondary N) is 1. The fraction of sp³-hybridized carbons (Fsp3) is 0.375. The van der Waals surface area contributed by atoms with Gasteiger partial charge in [0, 0.05) is 37.6 Å². The third-order valence-corrected chi connectivity index (χ3v) is 3.88. The average Bonchev–Trinajstić information content (AvgIpc) is 2.48. The maximum absolute atomic E-state index is 11.5. The molecule has 0 aliphatic carbocycles. The van der Waals surface area contributed by atoms with Crippen molar-refractivity contribution < 1.29 is 4.79 Å². The Balaban J connectivity index is 1.81. The summed E-state index contributed by atoms with van der Waals surface area (Å²) in [6.07, 6.45) is 3.95. The number of hydrogen-bond donors (Lipinski definition) is 1. The van der Waals surface area contributed by atoms with Gasteiger partial charge in [0.1, 0.15) is 5.82 Å². The van der Waals surface area contributed by atoms with Gasteiger partial charge in [-0.25, -0.2) is 4.98 Å². The van der Waals surface area contributed by atoms with Crippen LogP contribution in [0.2, 0.25) is 0 Å². The van der Waals surface area contributed by atoms with Crippen LogP contribution < -0.4 is 5.32 Å². The van der Waals surface area contributed by atoms with Crippen LogP contribution in [-0.4, -0.2) is 34.9 Å². The minimum absolute atomic E-state index is 0.155. The third kappa shape index (κ3) is 2.59. The van der Waals surface area contributed by atoms with E-state index in [9.17, 15) is 4.79 Å². The number of amides is 1. The van der Waals surface area contributed by atoms with Crippen molar-refractivity contribution in [3.8, 4) is 0 Å². The molecule has 1 aliphatic rings. The molecule has 1 aliphatic heterocycles. The molecule has 104 valence electrons. The molecule has 1 N–H and O–H groups in total. The summed E-state index contributed by atoms with van der Waals surface area (Å²) in [6.45, 7) is 3.27. The zero-order chi connectivity index (χ0) is 13.9. The van der Waals surface area contributed by atoms with Crippen molar-refractivity contribution in [3.63, 3.8) is 0 Å². The molecule has 20 heavy (non-hydrogen) atoms. The maximum Gasteiger partial charge on any atom is 0.219 e. The Morgan fingerprint density at radius 2 is 2.20 bits per heavy atom. The second kappa shape index (κ2) is 5.49. The lowest BCUT2D eigenvalue weighted by Gasteiger charge is -2.33. The lowest BCUT2D eigenvalue weighted by atomic mass is 10.1. The molecule has 1 aromatic heterocycles. The molecule has 3 rings (SSSR count). The fourth-order valence-electron chi connectivity index (χ4n) is 2.81. The Hall–Kier alpha value is -2.10. The van der Waals surface area contributed by atoms with Crippen molar-refractivity contribution in [2.75, 3.05) is 18.4 Å². The van der Waals surface area contributed by atoms with Crippen LogP contribution >= 0.6 is 0 Å². The number of pyridine rings is 1. The Bertz CT molecular complexity index is 621. The molecule has 1 amide bonds. The smallest absolute Gasteiger partial charge is 0.219 e. The summed E-state index contributed by atoms with van der Waals surface area (Å²) < 4.78 is 0. The second-order valence-electron chi connectivity index (χ2n) is 5.33. The van der Waals surface area contributed by atoms with Crippen LogP contribution in [0.3, 0.4) is 0 Å². The zero-order valence-electron chi connectivity index (χ0n) is 11.7. The van der Waals surface area contributed by atoms with Gasteiger partial charge in [-0.05, 0) is 24.3 Å². The Morgan fingerprint density at radius 3 is 3.05 bits per heavy atom. The quantitative estimate of drug-likeness (QED) is 0.911. The van der Waals surface area contributed by atoms with E-state index in [1.165, 1.54) is 5.39 Å². The van der Waals surface area contributed by atoms with E-state index in [1.807, 2.05) is 29.3 Å². The van der Waals surface area contributed by atoms with Gasteiger partial charge >= 0.3 is 0 Å². The molecule has 0 saturated carbocycles. The zero-order valence-corrected chi connectivity index (χ0v) is 11.7. The van der Waals surface area contributed by atoms with Crippen molar-refractivity contribution in [2.24, 2.45) is 0 Å². The standard InChI is InChI=1S/C16H19N3O/c1-12(20)19-10-4-6-14(11-19)18-16-15-7-3-2-5-13(15)8-9-17-16/h2-3,5,7-9,14H,4,6,10-11H2,1H3,(H,17,18)/t14-/m1/s1. The summed E-state index contributed by atoms with van der Waals surface area (Å²) in [5.41, 5.74) is 0. The number of aromatic nitrogens is 1. The van der Waals surface area contributed by atoms with Gasteiger partial charge in [0.15, 0.2) is 0 Å². The first kappa shape index (κ1) is 12.9. The number of nitrogens with zero attached hydrogens (tertiary/aromatic N) is 2. The predicted molar refractivity (Wildman–Crippen MR) is 80.6 cm³/mol. The van der Waals surface area contributed by atoms with E-state index in [4.69, 9.17) is 0 Å². The van der Waals surface area contributed by atoms with Crippen LogP contribution in [0.15, 0.2) is 36.5 Å². The number of carbonyl (C=O) groups is 1. The van der Waals surface area contributed by atoms with Crippen molar-refractivity contribution in [1.29, 1.82) is 0 Å². The van der Waals surface area contributed by atoms with E-state index >= 15 is 0 Å². The molecular weight excluding hydrogens is 250 g/mol. The molecule has 4 heteroatoms. The van der Waals surface area contributed by atoms with Gasteiger partial charge in [-0.1, -0.05) is 24.3 Å². The highest BCUT2D eigenvalue weighted by molar-refractivity contribution is 5.91. The van der Waals surface area contributed by atoms with Gasteiger partial charge in [0.05, 0.1) is 0 Å². The third-order valence-electron chi connectivity index (χ3n) is 3.88. The maximum atomic E-state index is 11.5. The van der Waals surface area contributed by atoms with Gasteiger partial charge in [-0.15, -0.1) is 0 Å². The van der Waals surface area contributed by atoms with E-state index in [-0.39, 0.29) is 11.9 Å². The molecule has 0 spiro atoms. The number of piperidine rings is 1. The summed E-state index contributed by atoms with van der Waals surface area (Å²) in [6, 6.07) is 10.5. The van der Waals surface area contributed by atoms with Gasteiger partial charge in [-0.2, -0.15) is 0 Å². The van der Waals surface area contributed by atoms with Gasteiger partial charge in [0.25, 0.3) is 0 Å². The van der Waals surface area contributed by atoms with Crippen LogP contribution in [-0.2, 0) is 4.79 Å². The number of hydrogen-bond acceptors (Lipinski definition) is 3. The van der Waals surface area contributed by atoms with Crippen molar-refractivity contribution in [1.82, 2.24) is 9.88 Å². The largest absolute Gasteiger partial charge is 0.365 e. The van der Waals surface area contributed by atoms with Crippen molar-refractivity contribution in [3.05, 3.63) is 36.5 Å². The Labute approximate surface area is 118 Å². The number of likely N-dealkylation sites (tertiary alicyclic amines) is 1. The fourth-order valence-corrected chi connectivity index (χ4v) is 2.81. The summed E-state index contributed by atoms with van der Waals surface area (Å²) in [7, 11) is 0. The second-order valence-corrected chi connectivity index (χ2v) is 5.33. The monoisotopic (exact) mass is 269 g/mol. The molecule has 1 aromatic carbocycles. The van der Waals surface area contributed by atoms with E-state index in [2.05, 4.69) is 22.4 Å². The number of benzene rings is 1. The molecular formula is C16H19N3O. The molecule has 1 atom stereocenters. The molecule has 0 unspecified atom stereocenters. The first-order chi connectivity index (χ1) is 9.74. The minimum Gasteiger partial charge on any atom is -0.365 e. The van der Waals surface area contributed by atoms with E-state index in [0.717, 1.165) is 37.1 Å². The van der Waals surface area contributed by atoms with E-state index in [0.29, 0.717) is 0 Å². The van der Waals surface area contributed by atoms with Gasteiger partial charge in [0.2, 0.25) is 5.91 Å². The van der Waals surface area contributed by atoms with Crippen LogP contribution in [0.1, 0.15) is 19.8 Å². The molecule has 2 aromatic rings. The number of anilines is 1. The lowest BCUT2D eigenvalue weighted by molar-refractivity contribution is -0.129. The summed E-state index contributed by atoms with van der Waals surface area (Å²) in [5, 5.41) is 5.82. The lowest BCUT2D eigenvalue weighted by Crippen LogP contribution is -2.44. The highest BCUT2D eigenvalue weighted by atomic mass is 16.2. The number of rotatable bonds is 2. The SMILES string of the molecule is CC(=O)N1CCC[C@@H](Nc2nccc3ccccc23)C1. The molecule has 0 bridgehead atoms. The van der Waals surface area contributed by atoms with Gasteiger partial charge < -0.3 is 10.2 Å². The summed E-state index contributed by atoms with van der Waals surface area (Å²) in [5.74, 6) is 1.07. The molecule has 1 saturated heterocycles. The highest BCUT2D eigenvalue weighted by Gasteiger charge is 2.21. The first-order valence-electron chi connectivity index (χ1n) is 7.10. The van der Waals surface area contributed by atoms with E-state index in [1.54, 1.807) is 6.92 Å². The Morgan fingerprint density at radius 1 is 1.35 bits per heavy atom. The Kier molecular flexibility index (Phi) is 3.54. The van der Waals surface area contributed by atoms with E-state index < -0.39 is 0 Å². The van der Waals surface area contributed by atoms with Crippen molar-refractivity contribution >= 4 is 22.5 Å². The van der Waals surface area contributed by atoms with Crippen molar-refractivity contribution in [2.45, 2.75) is 25.8 Å². The minimum atomic E-state index is 0.155. The number of carbonyl (C=O) groups excluding carboxylic acids is 1. The highest BCUT2D eigenvalue weighted by Crippen LogP contribution is 2.23. The topological polar surface area (TPSA) is 45.2 Å². The first-order valence-corrected chi connectivity index (χ1v) is 7.10. The normalized spacial score (nSPS) is 19.1. The number of fused-ring (bicyclic) bond motifs is 1. The van der Waals surface area contributed by atoms with Gasteiger partial charge in [-0.3, -0.25) is 4.79 Å². The molecule has 1 fully saturated rings. The van der Waals surface area contributed by atoms with Crippen LogP contribution in [0.5, 0.6) is 0 Å². The summed E-state index contributed by atoms with van der Waals surface area (Å²) in [4.78, 5) is 17.9.